The molecule has 0 unspecified atom stereocenters. The molecule has 0 aromatic carbocycles. The number of methoxy groups -OCH3 is 3. The van der Waals surface area contributed by atoms with E-state index >= 15 is 0 Å². The lowest BCUT2D eigenvalue weighted by Crippen LogP contribution is -2.48. The summed E-state index contributed by atoms with van der Waals surface area (Å²) in [7, 11) is 3.64. The van der Waals surface area contributed by atoms with Crippen LogP contribution in [0.3, 0.4) is 0 Å². The van der Waals surface area contributed by atoms with E-state index in [9.17, 15) is 74.0 Å². The molecule has 0 amide bonds. The highest BCUT2D eigenvalue weighted by Crippen LogP contribution is 2.43. The maximum absolute atomic E-state index is 14.2. The van der Waals surface area contributed by atoms with Gasteiger partial charge in [-0.25, -0.2) is 23.9 Å². The first-order valence-corrected chi connectivity index (χ1v) is 25.3. The van der Waals surface area contributed by atoms with Crippen molar-refractivity contribution < 1.29 is 83.1 Å². The van der Waals surface area contributed by atoms with Gasteiger partial charge in [-0.1, -0.05) is 21.3 Å². The van der Waals surface area contributed by atoms with Crippen molar-refractivity contribution >= 4 is 34.2 Å². The van der Waals surface area contributed by atoms with Crippen molar-refractivity contribution in [3.63, 3.8) is 0 Å². The lowest BCUT2D eigenvalue weighted by atomic mass is 10.1. The third-order valence-electron chi connectivity index (χ3n) is 14.1. The summed E-state index contributed by atoms with van der Waals surface area (Å²) < 4.78 is 60.3. The van der Waals surface area contributed by atoms with Crippen LogP contribution in [0.25, 0.3) is 53.7 Å². The van der Waals surface area contributed by atoms with Crippen molar-refractivity contribution in [3.05, 3.63) is 131 Å². The van der Waals surface area contributed by atoms with E-state index in [1.807, 2.05) is 9.97 Å². The van der Waals surface area contributed by atoms with Crippen LogP contribution in [0.1, 0.15) is 24.9 Å². The fourth-order valence-corrected chi connectivity index (χ4v) is 9.53. The number of terminal acetylenes is 1. The number of rotatable bonds is 16. The highest BCUT2D eigenvalue weighted by molar-refractivity contribution is 5.71. The van der Waals surface area contributed by atoms with Crippen LogP contribution in [0.5, 0.6) is 0 Å². The smallest absolute Gasteiger partial charge is 0.330 e. The second kappa shape index (κ2) is 27.9. The van der Waals surface area contributed by atoms with Gasteiger partial charge < -0.3 is 90.2 Å². The molecule has 0 bridgehead atoms. The summed E-state index contributed by atoms with van der Waals surface area (Å²) in [5.74, 6) is -5.65. The Kier molecular flexibility index (Phi) is 21.0. The number of alkyl halides is 1. The lowest BCUT2D eigenvalue weighted by Gasteiger charge is -2.28. The maximum atomic E-state index is 14.2. The molecule has 4 fully saturated rings. The van der Waals surface area contributed by atoms with Gasteiger partial charge in [-0.15, -0.1) is 6.42 Å². The Morgan fingerprint density at radius 1 is 0.622 bits per heavy atom. The van der Waals surface area contributed by atoms with Crippen molar-refractivity contribution in [1.82, 2.24) is 58.1 Å². The van der Waals surface area contributed by atoms with Crippen LogP contribution in [-0.2, 0) is 37.9 Å². The fourth-order valence-electron chi connectivity index (χ4n) is 9.53. The Morgan fingerprint density at radius 2 is 1.02 bits per heavy atom. The first kappa shape index (κ1) is 67.9. The quantitative estimate of drug-likeness (QED) is 0.0186. The molecule has 4 aliphatic rings. The third kappa shape index (κ3) is 12.6. The van der Waals surface area contributed by atoms with E-state index in [-0.39, 0.29) is 40.8 Å². The van der Waals surface area contributed by atoms with Gasteiger partial charge in [0.05, 0.1) is 32.5 Å². The van der Waals surface area contributed by atoms with Gasteiger partial charge in [0.2, 0.25) is 35.0 Å². The molecule has 6 aromatic heterocycles. The van der Waals surface area contributed by atoms with E-state index in [1.54, 1.807) is 0 Å². The van der Waals surface area contributed by atoms with Gasteiger partial charge in [0.1, 0.15) is 55.8 Å². The molecule has 6 aromatic rings. The first-order valence-electron chi connectivity index (χ1n) is 25.3. The number of nitrogens with two attached hydrogens (primary N) is 2. The average molecular weight is 1280 g/mol. The molecule has 0 spiro atoms. The highest BCUT2D eigenvalue weighted by Gasteiger charge is 2.60. The summed E-state index contributed by atoms with van der Waals surface area (Å²) in [5.41, 5.74) is 33.1. The topological polar surface area (TPSA) is 671 Å². The zero-order valence-electron chi connectivity index (χ0n) is 46.4. The van der Waals surface area contributed by atoms with Crippen LogP contribution >= 0.6 is 0 Å². The van der Waals surface area contributed by atoms with Crippen LogP contribution < -0.4 is 45.1 Å². The number of aliphatic hydroxyl groups is 8. The first-order chi connectivity index (χ1) is 42.9. The molecule has 46 heteroatoms. The minimum atomic E-state index is -2.08. The zero-order valence-corrected chi connectivity index (χ0v) is 46.4. The number of nitrogen functional groups attached to an aromatic ring is 2. The predicted octanol–water partition coefficient (Wildman–Crippen LogP) is -6.25. The van der Waals surface area contributed by atoms with Crippen LogP contribution in [0.4, 0.5) is 16.3 Å². The minimum absolute atomic E-state index is 0.0131. The van der Waals surface area contributed by atoms with Gasteiger partial charge >= 0.3 is 11.4 Å². The third-order valence-corrected chi connectivity index (χ3v) is 14.1. The molecule has 0 aliphatic carbocycles. The summed E-state index contributed by atoms with van der Waals surface area (Å²) in [6.07, 6.45) is -3.85. The summed E-state index contributed by atoms with van der Waals surface area (Å²) >= 11 is 0. The average Bonchev–Trinajstić information content (AvgIpc) is 1.63. The molecule has 10 rings (SSSR count). The minimum Gasteiger partial charge on any atom is -0.391 e. The maximum Gasteiger partial charge on any atom is 0.330 e. The van der Waals surface area contributed by atoms with Gasteiger partial charge in [0, 0.05) is 60.6 Å². The number of aromatic nitrogens is 12. The molecule has 4 saturated heterocycles. The van der Waals surface area contributed by atoms with E-state index in [2.05, 4.69) is 65.9 Å². The largest absolute Gasteiger partial charge is 0.391 e. The molecule has 90 heavy (non-hydrogen) atoms. The normalized spacial score (nSPS) is 30.7. The van der Waals surface area contributed by atoms with Gasteiger partial charge in [-0.05, 0) is 16.6 Å². The van der Waals surface area contributed by atoms with Crippen LogP contribution in [0.15, 0.2) is 81.3 Å². The number of nitrogens with one attached hydrogen (secondary N) is 4. The van der Waals surface area contributed by atoms with Gasteiger partial charge in [0.15, 0.2) is 53.4 Å². The number of anilines is 2. The SMILES string of the molecule is C#CCO[C@]1(CO)O[C@@H](n2ccc(=O)[nH]c2=O)[C@H](F)[C@@H]1O.CO[C@]1(CO)O[C@@H](n2ccc(=O)[nH]c2=O)[C@H](O)[C@@H]1N=[N+]=[N-].CO[C@]1(CO)O[C@@H](n2cnc3c(=O)[nH]c(N)nc32)[C@@H](N=[N+]=[N-])[C@@H]1O.CO[C@]1(CO)O[C@@H](n2cnc3c(=O)[nH]c(N)nc32)[C@H](N=[N+]=[N-])[C@@H]1O. The monoisotopic (exact) mass is 1280 g/mol. The number of aromatic amines is 4. The molecule has 4 aliphatic heterocycles. The van der Waals surface area contributed by atoms with E-state index in [4.69, 9.17) is 72.4 Å². The second-order valence-corrected chi connectivity index (χ2v) is 18.9. The standard InChI is InChI=1S/C12H13FN2O6.2C11H14N8O5.C10H13N5O6/c1-2-5-20-12(6-16)9(18)8(13)10(21-12)15-4-3-7(17)14-11(15)19;2*1-23-11(2-20)6(21)4(17-18-13)9(24-11)19-3-14-5-7(19)15-10(12)16-8(5)22;1-20-10(4-16)7(13-14-11)6(18)8(21-10)15-3-2-5(17)12-9(15)19/h1,3-4,8-10,16,18H,5-6H2,(H,14,17,19);2*3-4,6,9,20-21H,2H2,1H3,(H3,12,15,16,22);2-3,6-8,16,18H,4H2,1H3,(H,12,17,19)/t8-,9+,10-,12-;4-,6+,9-,11-;4-,6-,9+,11+;6-,7+,8-,10-/m1101/s1. The molecule has 484 valence electrons. The van der Waals surface area contributed by atoms with Crippen LogP contribution in [-0.4, -0.2) is 225 Å². The van der Waals surface area contributed by atoms with Gasteiger partial charge in [-0.3, -0.25) is 57.4 Å². The molecule has 0 saturated carbocycles. The number of halogens is 1. The molecule has 10 heterocycles. The van der Waals surface area contributed by atoms with Crippen molar-refractivity contribution in [2.45, 2.75) is 96.8 Å². The number of hydrogen-bond acceptors (Lipinski definition) is 31. The number of nitrogens with zero attached hydrogens (tertiary/aromatic N) is 17. The summed E-state index contributed by atoms with van der Waals surface area (Å²) in [4.78, 5) is 101. The number of H-pyrrole nitrogens is 4. The van der Waals surface area contributed by atoms with Crippen molar-refractivity contribution in [2.75, 3.05) is 65.8 Å². The fraction of sp³-hybridized carbons (Fsp3) is 0.545. The second-order valence-electron chi connectivity index (χ2n) is 18.9. The highest BCUT2D eigenvalue weighted by atomic mass is 19.1. The Morgan fingerprint density at radius 3 is 1.40 bits per heavy atom. The number of azide groups is 3. The van der Waals surface area contributed by atoms with Gasteiger partial charge in [0.25, 0.3) is 22.2 Å². The van der Waals surface area contributed by atoms with Crippen LogP contribution in [0.2, 0.25) is 0 Å². The molecular weight excluding hydrogens is 1220 g/mol. The molecule has 0 radical (unpaired) electrons. The Bertz CT molecular complexity index is 3970. The Balaban J connectivity index is 0.000000171. The summed E-state index contributed by atoms with van der Waals surface area (Å²) in [6, 6.07) is -1.55. The number of fused-ring (bicyclic) bond motifs is 2. The number of imidazole rings is 2. The van der Waals surface area contributed by atoms with Gasteiger partial charge in [-0.2, -0.15) is 9.97 Å². The number of aliphatic hydroxyl groups excluding tert-OH is 8. The molecule has 16 atom stereocenters. The van der Waals surface area contributed by atoms with E-state index in [0.29, 0.717) is 0 Å². The Hall–Kier alpha value is -9.56. The van der Waals surface area contributed by atoms with Crippen molar-refractivity contribution in [2.24, 2.45) is 15.3 Å². The molecule has 45 nitrogen and oxygen atoms in total. The Labute approximate surface area is 495 Å². The van der Waals surface area contributed by atoms with E-state index in [1.165, 1.54) is 43.1 Å². The summed E-state index contributed by atoms with van der Waals surface area (Å²) in [5, 5.41) is 88.9. The molecule has 16 N–H and O–H groups in total. The van der Waals surface area contributed by atoms with Crippen molar-refractivity contribution in [3.8, 4) is 12.3 Å². The summed E-state index contributed by atoms with van der Waals surface area (Å²) in [6.45, 7) is -3.30. The number of hydrogen-bond donors (Lipinski definition) is 14. The van der Waals surface area contributed by atoms with E-state index < -0.39 is 157 Å². The number of ether oxygens (including phenoxy) is 8. The lowest BCUT2D eigenvalue weighted by molar-refractivity contribution is -0.276. The predicted molar refractivity (Wildman–Crippen MR) is 291 cm³/mol. The molecular formula is C44H54FN23O22. The zero-order chi connectivity index (χ0) is 66.2. The van der Waals surface area contributed by atoms with E-state index in [0.717, 1.165) is 33.7 Å². The van der Waals surface area contributed by atoms with Crippen molar-refractivity contribution in [1.29, 1.82) is 0 Å². The van der Waals surface area contributed by atoms with Crippen LogP contribution in [0, 0.1) is 12.3 Å².